The van der Waals surface area contributed by atoms with Gasteiger partial charge in [0.05, 0.1) is 10.7 Å². The quantitative estimate of drug-likeness (QED) is 0.448. The molecular formula is C26H31ClN4O5. The number of benzene rings is 2. The first-order valence-corrected chi connectivity index (χ1v) is 12.5. The molecule has 0 aromatic heterocycles. The molecule has 9 nitrogen and oxygen atoms in total. The Kier molecular flexibility index (Phi) is 9.16. The highest BCUT2D eigenvalue weighted by Crippen LogP contribution is 2.27. The number of hydrazone groups is 1. The van der Waals surface area contributed by atoms with Crippen molar-refractivity contribution in [3.63, 3.8) is 0 Å². The molecule has 0 bridgehead atoms. The van der Waals surface area contributed by atoms with Crippen LogP contribution in [-0.4, -0.2) is 72.5 Å². The van der Waals surface area contributed by atoms with E-state index in [1.54, 1.807) is 17.0 Å². The smallest absolute Gasteiger partial charge is 0.260 e. The number of piperidine rings is 1. The Morgan fingerprint density at radius 3 is 2.64 bits per heavy atom. The monoisotopic (exact) mass is 514 g/mol. The van der Waals surface area contributed by atoms with E-state index in [2.05, 4.69) is 15.8 Å². The summed E-state index contributed by atoms with van der Waals surface area (Å²) < 4.78 is 11.3. The Hall–Kier alpha value is -3.14. The number of aliphatic hydroxyl groups excluding tert-OH is 1. The van der Waals surface area contributed by atoms with Crippen LogP contribution < -0.4 is 20.2 Å². The van der Waals surface area contributed by atoms with Gasteiger partial charge in [0.1, 0.15) is 24.2 Å². The Labute approximate surface area is 215 Å². The van der Waals surface area contributed by atoms with E-state index >= 15 is 0 Å². The maximum atomic E-state index is 12.6. The van der Waals surface area contributed by atoms with Gasteiger partial charge in [-0.3, -0.25) is 9.59 Å². The average Bonchev–Trinajstić information content (AvgIpc) is 2.91. The summed E-state index contributed by atoms with van der Waals surface area (Å²) >= 11 is 6.35. The molecule has 2 aromatic rings. The van der Waals surface area contributed by atoms with Crippen molar-refractivity contribution in [2.45, 2.75) is 37.8 Å². The SMILES string of the molecule is O=C1CCC(c2ccc(OCC(=O)N3CCC(NC[C@H](O)COc4ccccc4)CC3)c(Cl)c2)=NN1. The lowest BCUT2D eigenvalue weighted by Gasteiger charge is -2.33. The third-order valence-corrected chi connectivity index (χ3v) is 6.49. The number of para-hydroxylation sites is 1. The summed E-state index contributed by atoms with van der Waals surface area (Å²) in [7, 11) is 0. The number of nitrogens with zero attached hydrogens (tertiary/aromatic N) is 2. The second-order valence-electron chi connectivity index (χ2n) is 8.87. The van der Waals surface area contributed by atoms with Crippen molar-refractivity contribution in [3.8, 4) is 11.5 Å². The molecule has 1 atom stereocenters. The van der Waals surface area contributed by atoms with Gasteiger partial charge in [-0.2, -0.15) is 5.10 Å². The zero-order valence-electron chi connectivity index (χ0n) is 20.0. The van der Waals surface area contributed by atoms with Crippen molar-refractivity contribution in [2.75, 3.05) is 32.8 Å². The molecule has 0 radical (unpaired) electrons. The maximum Gasteiger partial charge on any atom is 0.260 e. The van der Waals surface area contributed by atoms with Gasteiger partial charge in [-0.15, -0.1) is 0 Å². The minimum absolute atomic E-state index is 0.0933. The highest BCUT2D eigenvalue weighted by Gasteiger charge is 2.24. The molecule has 2 amide bonds. The second kappa shape index (κ2) is 12.7. The molecule has 0 spiro atoms. The van der Waals surface area contributed by atoms with Gasteiger partial charge in [0.15, 0.2) is 6.61 Å². The topological polar surface area (TPSA) is 112 Å². The molecule has 3 N–H and O–H groups in total. The van der Waals surface area contributed by atoms with Crippen LogP contribution in [0.1, 0.15) is 31.2 Å². The third kappa shape index (κ3) is 7.43. The fraction of sp³-hybridized carbons (Fsp3) is 0.423. The molecule has 192 valence electrons. The first-order valence-electron chi connectivity index (χ1n) is 12.1. The number of hydrogen-bond acceptors (Lipinski definition) is 7. The van der Waals surface area contributed by atoms with Crippen LogP contribution in [0.15, 0.2) is 53.6 Å². The summed E-state index contributed by atoms with van der Waals surface area (Å²) in [5.74, 6) is 0.965. The van der Waals surface area contributed by atoms with Crippen molar-refractivity contribution in [1.29, 1.82) is 0 Å². The Bertz CT molecular complexity index is 1070. The molecule has 2 heterocycles. The van der Waals surface area contributed by atoms with Gasteiger partial charge in [-0.05, 0) is 48.7 Å². The molecule has 0 unspecified atom stereocenters. The van der Waals surface area contributed by atoms with E-state index in [0.717, 1.165) is 29.9 Å². The fourth-order valence-electron chi connectivity index (χ4n) is 4.11. The Morgan fingerprint density at radius 1 is 1.17 bits per heavy atom. The van der Waals surface area contributed by atoms with Gasteiger partial charge in [-0.25, -0.2) is 5.43 Å². The van der Waals surface area contributed by atoms with Crippen molar-refractivity contribution >= 4 is 29.1 Å². The van der Waals surface area contributed by atoms with Crippen LogP contribution in [0.5, 0.6) is 11.5 Å². The Morgan fingerprint density at radius 2 is 1.94 bits per heavy atom. The van der Waals surface area contributed by atoms with Crippen LogP contribution in [0.2, 0.25) is 5.02 Å². The number of likely N-dealkylation sites (tertiary alicyclic amines) is 1. The van der Waals surface area contributed by atoms with E-state index in [1.807, 2.05) is 36.4 Å². The van der Waals surface area contributed by atoms with Crippen molar-refractivity contribution in [3.05, 3.63) is 59.1 Å². The molecule has 36 heavy (non-hydrogen) atoms. The zero-order chi connectivity index (χ0) is 25.3. The molecule has 2 aliphatic heterocycles. The average molecular weight is 515 g/mol. The van der Waals surface area contributed by atoms with Crippen LogP contribution >= 0.6 is 11.6 Å². The van der Waals surface area contributed by atoms with E-state index < -0.39 is 6.10 Å². The molecule has 0 saturated carbocycles. The van der Waals surface area contributed by atoms with Crippen molar-refractivity contribution in [1.82, 2.24) is 15.6 Å². The van der Waals surface area contributed by atoms with Crippen LogP contribution in [0.3, 0.4) is 0 Å². The van der Waals surface area contributed by atoms with E-state index in [1.165, 1.54) is 0 Å². The predicted molar refractivity (Wildman–Crippen MR) is 136 cm³/mol. The van der Waals surface area contributed by atoms with E-state index in [-0.39, 0.29) is 31.1 Å². The largest absolute Gasteiger partial charge is 0.491 e. The van der Waals surface area contributed by atoms with E-state index in [0.29, 0.717) is 43.2 Å². The van der Waals surface area contributed by atoms with Gasteiger partial charge >= 0.3 is 0 Å². The number of carbonyl (C=O) groups excluding carboxylic acids is 2. The molecule has 0 aliphatic carbocycles. The van der Waals surface area contributed by atoms with Gasteiger partial charge < -0.3 is 24.8 Å². The van der Waals surface area contributed by atoms with E-state index in [4.69, 9.17) is 21.1 Å². The molecule has 1 fully saturated rings. The minimum Gasteiger partial charge on any atom is -0.491 e. The number of amides is 2. The Balaban J connectivity index is 1.15. The first kappa shape index (κ1) is 25.9. The first-order chi connectivity index (χ1) is 17.5. The molecule has 1 saturated heterocycles. The van der Waals surface area contributed by atoms with Crippen LogP contribution in [0.4, 0.5) is 0 Å². The van der Waals surface area contributed by atoms with Crippen LogP contribution in [-0.2, 0) is 9.59 Å². The maximum absolute atomic E-state index is 12.6. The van der Waals surface area contributed by atoms with Gasteiger partial charge in [0.2, 0.25) is 5.91 Å². The highest BCUT2D eigenvalue weighted by molar-refractivity contribution is 6.32. The minimum atomic E-state index is -0.613. The number of ether oxygens (including phenoxy) is 2. The fourth-order valence-corrected chi connectivity index (χ4v) is 4.35. The number of carbonyl (C=O) groups is 2. The summed E-state index contributed by atoms with van der Waals surface area (Å²) in [6.45, 7) is 1.80. The lowest BCUT2D eigenvalue weighted by Crippen LogP contribution is -2.48. The van der Waals surface area contributed by atoms with Crippen molar-refractivity contribution < 1.29 is 24.2 Å². The van der Waals surface area contributed by atoms with E-state index in [9.17, 15) is 14.7 Å². The lowest BCUT2D eigenvalue weighted by atomic mass is 10.0. The summed E-state index contributed by atoms with van der Waals surface area (Å²) in [4.78, 5) is 25.7. The predicted octanol–water partition coefficient (Wildman–Crippen LogP) is 2.35. The summed E-state index contributed by atoms with van der Waals surface area (Å²) in [6, 6.07) is 14.9. The number of aliphatic hydroxyl groups is 1. The summed E-state index contributed by atoms with van der Waals surface area (Å²) in [5, 5.41) is 18.0. The number of halogens is 1. The molecular weight excluding hydrogens is 484 g/mol. The number of rotatable bonds is 10. The normalized spacial score (nSPS) is 17.2. The van der Waals surface area contributed by atoms with Crippen LogP contribution in [0.25, 0.3) is 0 Å². The number of hydrogen-bond donors (Lipinski definition) is 3. The van der Waals surface area contributed by atoms with Gasteiger partial charge in [-0.1, -0.05) is 29.8 Å². The number of nitrogens with one attached hydrogen (secondary N) is 2. The van der Waals surface area contributed by atoms with Crippen LogP contribution in [0, 0.1) is 0 Å². The molecule has 2 aliphatic rings. The van der Waals surface area contributed by atoms with Crippen molar-refractivity contribution in [2.24, 2.45) is 5.10 Å². The molecule has 2 aromatic carbocycles. The van der Waals surface area contributed by atoms with Gasteiger partial charge in [0, 0.05) is 38.5 Å². The molecule has 10 heteroatoms. The summed E-state index contributed by atoms with van der Waals surface area (Å²) in [6.07, 6.45) is 1.92. The summed E-state index contributed by atoms with van der Waals surface area (Å²) in [5.41, 5.74) is 4.04. The third-order valence-electron chi connectivity index (χ3n) is 6.20. The zero-order valence-corrected chi connectivity index (χ0v) is 20.7. The van der Waals surface area contributed by atoms with Gasteiger partial charge in [0.25, 0.3) is 5.91 Å². The standard InChI is InChI=1S/C26H31ClN4O5/c27-22-14-18(23-7-9-25(33)30-29-23)6-8-24(22)36-17-26(34)31-12-10-19(11-13-31)28-15-20(32)16-35-21-4-2-1-3-5-21/h1-6,8,14,19-20,28,32H,7,9-13,15-17H2,(H,30,33)/t20-/m0/s1. The molecule has 4 rings (SSSR count). The highest BCUT2D eigenvalue weighted by atomic mass is 35.5. The second-order valence-corrected chi connectivity index (χ2v) is 9.28. The lowest BCUT2D eigenvalue weighted by molar-refractivity contribution is -0.134.